The van der Waals surface area contributed by atoms with Crippen molar-refractivity contribution < 1.29 is 19.8 Å². The van der Waals surface area contributed by atoms with Crippen molar-refractivity contribution in [3.63, 3.8) is 0 Å². The molecule has 0 spiro atoms. The first-order chi connectivity index (χ1) is 8.78. The van der Waals surface area contributed by atoms with E-state index >= 15 is 0 Å². The second-order valence-electron chi connectivity index (χ2n) is 3.96. The van der Waals surface area contributed by atoms with Crippen molar-refractivity contribution in [2.45, 2.75) is 36.6 Å². The van der Waals surface area contributed by atoms with Crippen LogP contribution in [0, 0.1) is 11.8 Å². The molecule has 0 fully saturated rings. The van der Waals surface area contributed by atoms with Gasteiger partial charge in [-0.3, -0.25) is 0 Å². The quantitative estimate of drug-likeness (QED) is 0.479. The molecule has 19 heavy (non-hydrogen) atoms. The molecule has 4 nitrogen and oxygen atoms in total. The standard InChI is InChI=1S/2C5H10O2S.2CH3.Sn/c2*1-4(2-3-8)5(6)7;;;/h2*4,8H,2-3H2,1H3,(H,6,7);2*1H3;/q;;;;+2/p-2. The molecule has 112 valence electrons. The fraction of sp³-hybridized carbons (Fsp3) is 0.833. The van der Waals surface area contributed by atoms with Crippen molar-refractivity contribution in [3.05, 3.63) is 0 Å². The number of rotatable bonds is 6. The number of thiol groups is 2. The van der Waals surface area contributed by atoms with E-state index < -0.39 is 11.9 Å². The number of hydrogen-bond acceptors (Lipinski definition) is 6. The van der Waals surface area contributed by atoms with Crippen LogP contribution in [-0.4, -0.2) is 44.6 Å². The number of carboxylic acids is 2. The van der Waals surface area contributed by atoms with Crippen LogP contribution < -0.4 is 10.2 Å². The van der Waals surface area contributed by atoms with Crippen LogP contribution >= 0.6 is 25.3 Å². The number of carbonyl (C=O) groups excluding carboxylic acids is 2. The molecular weight excluding hydrogens is 391 g/mol. The van der Waals surface area contributed by atoms with Crippen molar-refractivity contribution in [1.29, 1.82) is 0 Å². The topological polar surface area (TPSA) is 80.3 Å². The summed E-state index contributed by atoms with van der Waals surface area (Å²) in [4.78, 5) is 24.5. The normalized spacial score (nSPS) is 11.7. The Labute approximate surface area is 137 Å². The zero-order valence-corrected chi connectivity index (χ0v) is 16.7. The Morgan fingerprint density at radius 2 is 1.16 bits per heavy atom. The maximum absolute atomic E-state index is 9.94. The predicted molar refractivity (Wildman–Crippen MR) is 82.8 cm³/mol. The van der Waals surface area contributed by atoms with Crippen LogP contribution in [0.3, 0.4) is 0 Å². The molecule has 0 aromatic rings. The molecule has 2 unspecified atom stereocenters. The molecule has 0 radical (unpaired) electrons. The molecule has 0 rings (SSSR count). The Hall–Kier alpha value is 0.439. The Balaban J connectivity index is -0.000000224. The van der Waals surface area contributed by atoms with Crippen molar-refractivity contribution in [2.75, 3.05) is 11.5 Å². The second-order valence-corrected chi connectivity index (χ2v) is 7.71. The molecule has 0 N–H and O–H groups in total. The van der Waals surface area contributed by atoms with Crippen LogP contribution in [0.4, 0.5) is 0 Å². The average Bonchev–Trinajstić information content (AvgIpc) is 2.31. The SMILES string of the molecule is CC(CCS)C(=O)[O-].CC(CCS)C(=O)[O-].[CH3][Sn+2][CH3]. The summed E-state index contributed by atoms with van der Waals surface area (Å²) in [5.74, 6) is -1.47. The van der Waals surface area contributed by atoms with Gasteiger partial charge < -0.3 is 19.8 Å². The number of carboxylic acid groups (broad SMARTS) is 2. The van der Waals surface area contributed by atoms with E-state index in [2.05, 4.69) is 35.1 Å². The van der Waals surface area contributed by atoms with Crippen molar-refractivity contribution in [2.24, 2.45) is 11.8 Å². The molecule has 0 saturated carbocycles. The van der Waals surface area contributed by atoms with Crippen LogP contribution in [-0.2, 0) is 9.59 Å². The molecule has 0 saturated heterocycles. The Bertz CT molecular complexity index is 206. The van der Waals surface area contributed by atoms with Gasteiger partial charge in [0, 0.05) is 11.9 Å². The van der Waals surface area contributed by atoms with Crippen molar-refractivity contribution in [3.8, 4) is 0 Å². The summed E-state index contributed by atoms with van der Waals surface area (Å²) >= 11 is 7.96. The molecule has 0 heterocycles. The van der Waals surface area contributed by atoms with Gasteiger partial charge in [-0.1, -0.05) is 13.8 Å². The molecule has 7 heteroatoms. The summed E-state index contributed by atoms with van der Waals surface area (Å²) in [5.41, 5.74) is 0. The van der Waals surface area contributed by atoms with E-state index in [4.69, 9.17) is 0 Å². The first kappa shape index (κ1) is 24.5. The summed E-state index contributed by atoms with van der Waals surface area (Å²) in [7, 11) is 0. The van der Waals surface area contributed by atoms with Crippen LogP contribution in [0.25, 0.3) is 0 Å². The van der Waals surface area contributed by atoms with Gasteiger partial charge in [0.1, 0.15) is 0 Å². The van der Waals surface area contributed by atoms with Gasteiger partial charge in [0.15, 0.2) is 0 Å². The monoisotopic (exact) mass is 416 g/mol. The van der Waals surface area contributed by atoms with Crippen LogP contribution in [0.15, 0.2) is 0 Å². The van der Waals surface area contributed by atoms with E-state index in [-0.39, 0.29) is 33.0 Å². The predicted octanol–water partition coefficient (Wildman–Crippen LogP) is 0.171. The third kappa shape index (κ3) is 23.9. The van der Waals surface area contributed by atoms with E-state index in [0.29, 0.717) is 24.3 Å². The Morgan fingerprint density at radius 3 is 1.21 bits per heavy atom. The molecule has 0 aromatic heterocycles. The van der Waals surface area contributed by atoms with Gasteiger partial charge >= 0.3 is 31.0 Å². The maximum atomic E-state index is 9.94. The first-order valence-corrected chi connectivity index (χ1v) is 13.0. The average molecular weight is 415 g/mol. The van der Waals surface area contributed by atoms with Gasteiger partial charge in [-0.2, -0.15) is 25.3 Å². The number of aliphatic carboxylic acids is 2. The zero-order valence-electron chi connectivity index (χ0n) is 12.0. The summed E-state index contributed by atoms with van der Waals surface area (Å²) in [6.07, 6.45) is 1.18. The number of hydrogen-bond donors (Lipinski definition) is 2. The zero-order chi connectivity index (χ0) is 15.8. The minimum absolute atomic E-state index is 0.230. The molecule has 0 amide bonds. The first-order valence-electron chi connectivity index (χ1n) is 6.00. The van der Waals surface area contributed by atoms with Crippen molar-refractivity contribution in [1.82, 2.24) is 0 Å². The summed E-state index contributed by atoms with van der Waals surface area (Å²) < 4.78 is 0. The molecule has 0 aliphatic heterocycles. The van der Waals surface area contributed by atoms with Crippen LogP contribution in [0.5, 0.6) is 0 Å². The molecule has 0 aromatic carbocycles. The van der Waals surface area contributed by atoms with E-state index in [1.54, 1.807) is 13.8 Å². The fourth-order valence-electron chi connectivity index (χ4n) is 0.623. The van der Waals surface area contributed by atoms with E-state index in [1.165, 1.54) is 0 Å². The molecule has 0 aliphatic carbocycles. The van der Waals surface area contributed by atoms with Gasteiger partial charge in [-0.05, 0) is 36.2 Å². The summed E-state index contributed by atoms with van der Waals surface area (Å²) in [5, 5.41) is 19.9. The molecule has 0 aliphatic rings. The van der Waals surface area contributed by atoms with Gasteiger partial charge in [0.2, 0.25) is 0 Å². The molecular formula is C12H24O4S2Sn. The number of carbonyl (C=O) groups is 2. The third-order valence-corrected chi connectivity index (χ3v) is 2.45. The van der Waals surface area contributed by atoms with E-state index in [0.717, 1.165) is 0 Å². The van der Waals surface area contributed by atoms with Gasteiger partial charge in [0.25, 0.3) is 0 Å². The molecule has 0 bridgehead atoms. The summed E-state index contributed by atoms with van der Waals surface area (Å²) in [6.45, 7) is 3.23. The van der Waals surface area contributed by atoms with Gasteiger partial charge in [-0.15, -0.1) is 0 Å². The summed E-state index contributed by atoms with van der Waals surface area (Å²) in [6, 6.07) is 0. The second kappa shape index (κ2) is 18.4. The Morgan fingerprint density at radius 1 is 0.947 bits per heavy atom. The van der Waals surface area contributed by atoms with Crippen molar-refractivity contribution >= 4 is 58.3 Å². The van der Waals surface area contributed by atoms with Gasteiger partial charge in [-0.25, -0.2) is 0 Å². The van der Waals surface area contributed by atoms with E-state index in [9.17, 15) is 19.8 Å². The fourth-order valence-corrected chi connectivity index (χ4v) is 1.40. The third-order valence-electron chi connectivity index (χ3n) is 1.93. The van der Waals surface area contributed by atoms with E-state index in [1.807, 2.05) is 0 Å². The molecule has 2 atom stereocenters. The Kier molecular flexibility index (Phi) is 23.7. The van der Waals surface area contributed by atoms with Gasteiger partial charge in [0.05, 0.1) is 0 Å². The van der Waals surface area contributed by atoms with Crippen LogP contribution in [0.2, 0.25) is 9.88 Å². The minimum atomic E-state index is -0.987. The van der Waals surface area contributed by atoms with Crippen LogP contribution in [0.1, 0.15) is 26.7 Å².